The second-order valence-corrected chi connectivity index (χ2v) is 2.34. The molecule has 0 fully saturated rings. The number of hydrogen-bond acceptors (Lipinski definition) is 3. The van der Waals surface area contributed by atoms with Crippen LogP contribution >= 0.6 is 0 Å². The average molecular weight is 171 g/mol. The SMILES string of the molecule is CN/C=C\C(COC)=C(C)OC. The van der Waals surface area contributed by atoms with Gasteiger partial charge in [-0.25, -0.2) is 0 Å². The van der Waals surface area contributed by atoms with Crippen molar-refractivity contribution in [3.05, 3.63) is 23.6 Å². The maximum atomic E-state index is 5.08. The van der Waals surface area contributed by atoms with E-state index in [1.54, 1.807) is 14.2 Å². The van der Waals surface area contributed by atoms with E-state index in [4.69, 9.17) is 9.47 Å². The minimum absolute atomic E-state index is 0.567. The molecule has 0 saturated heterocycles. The number of nitrogens with one attached hydrogen (secondary N) is 1. The summed E-state index contributed by atoms with van der Waals surface area (Å²) in [5.74, 6) is 0.878. The number of allylic oxidation sites excluding steroid dienone is 1. The van der Waals surface area contributed by atoms with Gasteiger partial charge in [-0.15, -0.1) is 0 Å². The Balaban J connectivity index is 4.31. The zero-order valence-corrected chi connectivity index (χ0v) is 8.18. The lowest BCUT2D eigenvalue weighted by Crippen LogP contribution is -1.99. The fraction of sp³-hybridized carbons (Fsp3) is 0.556. The minimum atomic E-state index is 0.567. The molecule has 0 aliphatic carbocycles. The van der Waals surface area contributed by atoms with Crippen LogP contribution in [0.3, 0.4) is 0 Å². The van der Waals surface area contributed by atoms with Crippen LogP contribution in [0, 0.1) is 0 Å². The Morgan fingerprint density at radius 2 is 2.08 bits per heavy atom. The highest BCUT2D eigenvalue weighted by molar-refractivity contribution is 5.21. The molecule has 1 N–H and O–H groups in total. The van der Waals surface area contributed by atoms with Crippen molar-refractivity contribution < 1.29 is 9.47 Å². The van der Waals surface area contributed by atoms with Crippen molar-refractivity contribution in [1.82, 2.24) is 5.32 Å². The van der Waals surface area contributed by atoms with Crippen LogP contribution < -0.4 is 5.32 Å². The topological polar surface area (TPSA) is 30.5 Å². The summed E-state index contributed by atoms with van der Waals surface area (Å²) in [6.07, 6.45) is 3.78. The van der Waals surface area contributed by atoms with E-state index in [1.807, 2.05) is 26.2 Å². The molecule has 0 rings (SSSR count). The highest BCUT2D eigenvalue weighted by atomic mass is 16.5. The van der Waals surface area contributed by atoms with E-state index in [9.17, 15) is 0 Å². The quantitative estimate of drug-likeness (QED) is 0.499. The van der Waals surface area contributed by atoms with Gasteiger partial charge in [0.2, 0.25) is 0 Å². The Labute approximate surface area is 74.1 Å². The molecule has 0 saturated carbocycles. The fourth-order valence-electron chi connectivity index (χ4n) is 0.738. The summed E-state index contributed by atoms with van der Waals surface area (Å²) in [6.45, 7) is 2.48. The molecule has 3 heteroatoms. The lowest BCUT2D eigenvalue weighted by molar-refractivity contribution is 0.216. The Kier molecular flexibility index (Phi) is 6.19. The molecule has 0 atom stereocenters. The first kappa shape index (κ1) is 11.0. The van der Waals surface area contributed by atoms with Gasteiger partial charge >= 0.3 is 0 Å². The molecular formula is C9H17NO2. The molecule has 0 radical (unpaired) electrons. The molecule has 0 heterocycles. The Bertz CT molecular complexity index is 173. The van der Waals surface area contributed by atoms with Crippen molar-refractivity contribution in [2.75, 3.05) is 27.9 Å². The molecule has 12 heavy (non-hydrogen) atoms. The maximum absolute atomic E-state index is 5.08. The molecule has 0 amide bonds. The summed E-state index contributed by atoms with van der Waals surface area (Å²) in [5, 5.41) is 2.91. The molecule has 0 aliphatic rings. The van der Waals surface area contributed by atoms with Crippen molar-refractivity contribution in [2.24, 2.45) is 0 Å². The molecule has 70 valence electrons. The minimum Gasteiger partial charge on any atom is -0.501 e. The van der Waals surface area contributed by atoms with E-state index in [1.165, 1.54) is 0 Å². The Hall–Kier alpha value is -0.960. The molecule has 0 aromatic heterocycles. The first-order valence-corrected chi connectivity index (χ1v) is 3.82. The normalized spacial score (nSPS) is 13.0. The molecule has 0 spiro atoms. The second kappa shape index (κ2) is 6.73. The molecule has 0 bridgehead atoms. The van der Waals surface area contributed by atoms with Gasteiger partial charge in [-0.1, -0.05) is 0 Å². The number of hydrogen-bond donors (Lipinski definition) is 1. The largest absolute Gasteiger partial charge is 0.501 e. The first-order valence-electron chi connectivity index (χ1n) is 3.82. The second-order valence-electron chi connectivity index (χ2n) is 2.34. The van der Waals surface area contributed by atoms with Gasteiger partial charge in [0.15, 0.2) is 0 Å². The number of rotatable bonds is 5. The summed E-state index contributed by atoms with van der Waals surface area (Å²) in [4.78, 5) is 0. The van der Waals surface area contributed by atoms with Crippen LogP contribution in [0.15, 0.2) is 23.6 Å². The Morgan fingerprint density at radius 3 is 2.50 bits per heavy atom. The monoisotopic (exact) mass is 171 g/mol. The summed E-state index contributed by atoms with van der Waals surface area (Å²) in [5.41, 5.74) is 1.04. The van der Waals surface area contributed by atoms with Crippen molar-refractivity contribution in [3.8, 4) is 0 Å². The van der Waals surface area contributed by atoms with Gasteiger partial charge in [-0.2, -0.15) is 0 Å². The van der Waals surface area contributed by atoms with Gasteiger partial charge in [0.1, 0.15) is 0 Å². The first-order chi connectivity index (χ1) is 5.76. The van der Waals surface area contributed by atoms with Crippen LogP contribution in [0.2, 0.25) is 0 Å². The van der Waals surface area contributed by atoms with Crippen LogP contribution in [0.25, 0.3) is 0 Å². The molecule has 0 unspecified atom stereocenters. The lowest BCUT2D eigenvalue weighted by atomic mass is 10.2. The van der Waals surface area contributed by atoms with E-state index in [-0.39, 0.29) is 0 Å². The lowest BCUT2D eigenvalue weighted by Gasteiger charge is -2.05. The van der Waals surface area contributed by atoms with E-state index in [2.05, 4.69) is 5.32 Å². The van der Waals surface area contributed by atoms with E-state index in [0.717, 1.165) is 11.3 Å². The third-order valence-electron chi connectivity index (χ3n) is 1.51. The number of methoxy groups -OCH3 is 2. The Morgan fingerprint density at radius 1 is 1.42 bits per heavy atom. The highest BCUT2D eigenvalue weighted by Gasteiger charge is 1.97. The molecule has 0 aliphatic heterocycles. The van der Waals surface area contributed by atoms with Crippen molar-refractivity contribution >= 4 is 0 Å². The maximum Gasteiger partial charge on any atom is 0.0980 e. The van der Waals surface area contributed by atoms with E-state index >= 15 is 0 Å². The van der Waals surface area contributed by atoms with Crippen molar-refractivity contribution in [3.63, 3.8) is 0 Å². The standard InChI is InChI=1S/C9H17NO2/c1-8(12-4)9(7-11-3)5-6-10-2/h5-6,10H,7H2,1-4H3/b6-5-,9-8?. The third-order valence-corrected chi connectivity index (χ3v) is 1.51. The van der Waals surface area contributed by atoms with Crippen LogP contribution in [-0.2, 0) is 9.47 Å². The van der Waals surface area contributed by atoms with Gasteiger partial charge < -0.3 is 14.8 Å². The van der Waals surface area contributed by atoms with Crippen LogP contribution in [0.5, 0.6) is 0 Å². The van der Waals surface area contributed by atoms with Crippen molar-refractivity contribution in [1.29, 1.82) is 0 Å². The molecule has 3 nitrogen and oxygen atoms in total. The predicted molar refractivity (Wildman–Crippen MR) is 49.8 cm³/mol. The highest BCUT2D eigenvalue weighted by Crippen LogP contribution is 2.06. The van der Waals surface area contributed by atoms with Crippen molar-refractivity contribution in [2.45, 2.75) is 6.92 Å². The molecule has 0 aromatic carbocycles. The van der Waals surface area contributed by atoms with Crippen LogP contribution in [-0.4, -0.2) is 27.9 Å². The summed E-state index contributed by atoms with van der Waals surface area (Å²) < 4.78 is 10.1. The predicted octanol–water partition coefficient (Wildman–Crippen LogP) is 1.29. The van der Waals surface area contributed by atoms with E-state index in [0.29, 0.717) is 6.61 Å². The summed E-state index contributed by atoms with van der Waals surface area (Å²) in [7, 11) is 5.16. The van der Waals surface area contributed by atoms with Crippen LogP contribution in [0.1, 0.15) is 6.92 Å². The fourth-order valence-corrected chi connectivity index (χ4v) is 0.738. The molecular weight excluding hydrogens is 154 g/mol. The summed E-state index contributed by atoms with van der Waals surface area (Å²) >= 11 is 0. The van der Waals surface area contributed by atoms with Gasteiger partial charge in [0.05, 0.1) is 19.5 Å². The third kappa shape index (κ3) is 4.03. The zero-order chi connectivity index (χ0) is 9.40. The summed E-state index contributed by atoms with van der Waals surface area (Å²) in [6, 6.07) is 0. The van der Waals surface area contributed by atoms with E-state index < -0.39 is 0 Å². The van der Waals surface area contributed by atoms with Gasteiger partial charge in [-0.05, 0) is 19.2 Å². The zero-order valence-electron chi connectivity index (χ0n) is 8.18. The van der Waals surface area contributed by atoms with Gasteiger partial charge in [-0.3, -0.25) is 0 Å². The number of ether oxygens (including phenoxy) is 2. The average Bonchev–Trinajstić information content (AvgIpc) is 2.11. The van der Waals surface area contributed by atoms with Gasteiger partial charge in [0.25, 0.3) is 0 Å². The molecule has 0 aromatic rings. The van der Waals surface area contributed by atoms with Gasteiger partial charge in [0, 0.05) is 19.7 Å². The van der Waals surface area contributed by atoms with Crippen LogP contribution in [0.4, 0.5) is 0 Å². The smallest absolute Gasteiger partial charge is 0.0980 e.